The van der Waals surface area contributed by atoms with Gasteiger partial charge in [0.05, 0.1) is 5.60 Å². The summed E-state index contributed by atoms with van der Waals surface area (Å²) < 4.78 is 5.71. The van der Waals surface area contributed by atoms with Gasteiger partial charge in [0.2, 0.25) is 0 Å². The standard InChI is InChI=1S/C11H23NO/c1-5-10(12-4)9-6-7-13-11(2,3)8-9/h9-10,12H,5-8H2,1-4H3. The first-order valence-corrected chi connectivity index (χ1v) is 5.40. The Labute approximate surface area is 82.0 Å². The maximum atomic E-state index is 5.71. The molecule has 0 aromatic carbocycles. The van der Waals surface area contributed by atoms with E-state index in [1.807, 2.05) is 0 Å². The molecule has 2 heteroatoms. The van der Waals surface area contributed by atoms with Gasteiger partial charge in [-0.3, -0.25) is 0 Å². The van der Waals surface area contributed by atoms with Crippen LogP contribution >= 0.6 is 0 Å². The van der Waals surface area contributed by atoms with E-state index in [-0.39, 0.29) is 5.60 Å². The third kappa shape index (κ3) is 2.96. The maximum Gasteiger partial charge on any atom is 0.0629 e. The van der Waals surface area contributed by atoms with Crippen molar-refractivity contribution in [1.29, 1.82) is 0 Å². The highest BCUT2D eigenvalue weighted by molar-refractivity contribution is 4.84. The number of ether oxygens (including phenoxy) is 1. The van der Waals surface area contributed by atoms with E-state index < -0.39 is 0 Å². The van der Waals surface area contributed by atoms with Crippen molar-refractivity contribution in [3.8, 4) is 0 Å². The van der Waals surface area contributed by atoms with Crippen LogP contribution in [0.5, 0.6) is 0 Å². The lowest BCUT2D eigenvalue weighted by molar-refractivity contribution is -0.0781. The van der Waals surface area contributed by atoms with Gasteiger partial charge in [0.1, 0.15) is 0 Å². The Balaban J connectivity index is 2.50. The van der Waals surface area contributed by atoms with Crippen LogP contribution in [0.2, 0.25) is 0 Å². The first kappa shape index (κ1) is 11.0. The zero-order valence-corrected chi connectivity index (χ0v) is 9.39. The fourth-order valence-corrected chi connectivity index (χ4v) is 2.40. The highest BCUT2D eigenvalue weighted by atomic mass is 16.5. The molecule has 1 rings (SSSR count). The first-order chi connectivity index (χ1) is 6.09. The average molecular weight is 185 g/mol. The molecule has 78 valence electrons. The summed E-state index contributed by atoms with van der Waals surface area (Å²) in [5.74, 6) is 0.791. The molecular formula is C11H23NO. The number of hydrogen-bond acceptors (Lipinski definition) is 2. The molecule has 13 heavy (non-hydrogen) atoms. The molecule has 0 saturated carbocycles. The molecule has 1 aliphatic rings. The van der Waals surface area contributed by atoms with Crippen LogP contribution in [0.3, 0.4) is 0 Å². The molecule has 0 radical (unpaired) electrons. The molecule has 0 aliphatic carbocycles. The van der Waals surface area contributed by atoms with E-state index in [0.717, 1.165) is 12.5 Å². The summed E-state index contributed by atoms with van der Waals surface area (Å²) >= 11 is 0. The van der Waals surface area contributed by atoms with Crippen LogP contribution in [-0.4, -0.2) is 25.3 Å². The highest BCUT2D eigenvalue weighted by Crippen LogP contribution is 2.31. The summed E-state index contributed by atoms with van der Waals surface area (Å²) in [5, 5.41) is 3.40. The smallest absolute Gasteiger partial charge is 0.0629 e. The van der Waals surface area contributed by atoms with E-state index in [1.165, 1.54) is 19.3 Å². The van der Waals surface area contributed by atoms with Crippen molar-refractivity contribution in [2.24, 2.45) is 5.92 Å². The molecule has 0 amide bonds. The van der Waals surface area contributed by atoms with Crippen LogP contribution < -0.4 is 5.32 Å². The lowest BCUT2D eigenvalue weighted by Gasteiger charge is -2.39. The number of rotatable bonds is 3. The van der Waals surface area contributed by atoms with E-state index >= 15 is 0 Å². The topological polar surface area (TPSA) is 21.3 Å². The van der Waals surface area contributed by atoms with Crippen molar-refractivity contribution in [3.63, 3.8) is 0 Å². The Hall–Kier alpha value is -0.0800. The Morgan fingerprint density at radius 1 is 1.54 bits per heavy atom. The minimum absolute atomic E-state index is 0.0905. The molecular weight excluding hydrogens is 162 g/mol. The van der Waals surface area contributed by atoms with E-state index in [9.17, 15) is 0 Å². The minimum atomic E-state index is 0.0905. The quantitative estimate of drug-likeness (QED) is 0.727. The number of nitrogens with one attached hydrogen (secondary N) is 1. The van der Waals surface area contributed by atoms with E-state index in [4.69, 9.17) is 4.74 Å². The van der Waals surface area contributed by atoms with Gasteiger partial charge in [-0.15, -0.1) is 0 Å². The van der Waals surface area contributed by atoms with Gasteiger partial charge in [-0.05, 0) is 46.1 Å². The summed E-state index contributed by atoms with van der Waals surface area (Å²) in [7, 11) is 2.07. The van der Waals surface area contributed by atoms with E-state index in [0.29, 0.717) is 6.04 Å². The zero-order chi connectivity index (χ0) is 9.90. The van der Waals surface area contributed by atoms with Gasteiger partial charge in [-0.2, -0.15) is 0 Å². The van der Waals surface area contributed by atoms with Crippen molar-refractivity contribution in [2.45, 2.75) is 51.7 Å². The lowest BCUT2D eigenvalue weighted by Crippen LogP contribution is -2.42. The van der Waals surface area contributed by atoms with Crippen LogP contribution in [0.15, 0.2) is 0 Å². The van der Waals surface area contributed by atoms with Gasteiger partial charge in [0.25, 0.3) is 0 Å². The van der Waals surface area contributed by atoms with E-state index in [2.05, 4.69) is 33.1 Å². The molecule has 0 spiro atoms. The molecule has 1 fully saturated rings. The predicted molar refractivity (Wildman–Crippen MR) is 55.9 cm³/mol. The zero-order valence-electron chi connectivity index (χ0n) is 9.39. The Morgan fingerprint density at radius 3 is 2.69 bits per heavy atom. The van der Waals surface area contributed by atoms with Gasteiger partial charge in [0, 0.05) is 12.6 Å². The van der Waals surface area contributed by atoms with Crippen molar-refractivity contribution >= 4 is 0 Å². The summed E-state index contributed by atoms with van der Waals surface area (Å²) in [6.45, 7) is 7.57. The second-order valence-electron chi connectivity index (χ2n) is 4.66. The fourth-order valence-electron chi connectivity index (χ4n) is 2.40. The third-order valence-corrected chi connectivity index (χ3v) is 3.11. The molecule has 1 saturated heterocycles. The normalized spacial score (nSPS) is 30.0. The molecule has 0 aromatic rings. The van der Waals surface area contributed by atoms with Gasteiger partial charge < -0.3 is 10.1 Å². The minimum Gasteiger partial charge on any atom is -0.376 e. The summed E-state index contributed by atoms with van der Waals surface area (Å²) in [6, 6.07) is 0.670. The number of hydrogen-bond donors (Lipinski definition) is 1. The Morgan fingerprint density at radius 2 is 2.23 bits per heavy atom. The molecule has 0 aromatic heterocycles. The SMILES string of the molecule is CCC(NC)C1CCOC(C)(C)C1. The monoisotopic (exact) mass is 185 g/mol. The third-order valence-electron chi connectivity index (χ3n) is 3.11. The van der Waals surface area contributed by atoms with Crippen molar-refractivity contribution in [1.82, 2.24) is 5.32 Å². The van der Waals surface area contributed by atoms with Gasteiger partial charge in [-0.25, -0.2) is 0 Å². The average Bonchev–Trinajstić information content (AvgIpc) is 2.05. The Kier molecular flexibility index (Phi) is 3.74. The van der Waals surface area contributed by atoms with Crippen molar-refractivity contribution in [2.75, 3.05) is 13.7 Å². The van der Waals surface area contributed by atoms with E-state index in [1.54, 1.807) is 0 Å². The summed E-state index contributed by atoms with van der Waals surface area (Å²) in [5.41, 5.74) is 0.0905. The summed E-state index contributed by atoms with van der Waals surface area (Å²) in [4.78, 5) is 0. The molecule has 1 heterocycles. The van der Waals surface area contributed by atoms with Gasteiger partial charge in [0.15, 0.2) is 0 Å². The maximum absolute atomic E-state index is 5.71. The molecule has 0 bridgehead atoms. The predicted octanol–water partition coefficient (Wildman–Crippen LogP) is 2.19. The molecule has 2 unspecified atom stereocenters. The van der Waals surface area contributed by atoms with Crippen molar-refractivity contribution < 1.29 is 4.74 Å². The summed E-state index contributed by atoms with van der Waals surface area (Å²) in [6.07, 6.45) is 3.62. The Bertz CT molecular complexity index is 152. The highest BCUT2D eigenvalue weighted by Gasteiger charge is 2.31. The van der Waals surface area contributed by atoms with Crippen LogP contribution in [0.25, 0.3) is 0 Å². The molecule has 2 atom stereocenters. The van der Waals surface area contributed by atoms with Crippen LogP contribution in [-0.2, 0) is 4.74 Å². The van der Waals surface area contributed by atoms with Gasteiger partial charge in [-0.1, -0.05) is 6.92 Å². The fraction of sp³-hybridized carbons (Fsp3) is 1.00. The van der Waals surface area contributed by atoms with Crippen LogP contribution in [0.1, 0.15) is 40.0 Å². The molecule has 1 N–H and O–H groups in total. The van der Waals surface area contributed by atoms with Gasteiger partial charge >= 0.3 is 0 Å². The second kappa shape index (κ2) is 4.43. The van der Waals surface area contributed by atoms with Crippen LogP contribution in [0.4, 0.5) is 0 Å². The first-order valence-electron chi connectivity index (χ1n) is 5.40. The molecule has 2 nitrogen and oxygen atoms in total. The largest absolute Gasteiger partial charge is 0.376 e. The molecule has 1 aliphatic heterocycles. The second-order valence-corrected chi connectivity index (χ2v) is 4.66. The van der Waals surface area contributed by atoms with Crippen LogP contribution in [0, 0.1) is 5.92 Å². The van der Waals surface area contributed by atoms with Crippen molar-refractivity contribution in [3.05, 3.63) is 0 Å². The lowest BCUT2D eigenvalue weighted by atomic mass is 9.82.